The Morgan fingerprint density at radius 1 is 1.40 bits per heavy atom. The predicted octanol–water partition coefficient (Wildman–Crippen LogP) is 3.17. The van der Waals surface area contributed by atoms with Crippen LogP contribution < -0.4 is 5.32 Å². The van der Waals surface area contributed by atoms with Gasteiger partial charge in [-0.25, -0.2) is 0 Å². The molecule has 1 amide bonds. The molecular formula is C13H12Cl2N2O2S. The van der Waals surface area contributed by atoms with Crippen molar-refractivity contribution >= 4 is 52.5 Å². The molecule has 0 unspecified atom stereocenters. The number of benzene rings is 1. The van der Waals surface area contributed by atoms with E-state index in [0.29, 0.717) is 22.9 Å². The molecule has 0 saturated carbocycles. The normalized spacial score (nSPS) is 16.9. The standard InChI is InChI=1S/C13H12Cl2N2O2S/c1-2-3-17-12(19)10(16-13(17)20)6-7-4-8(14)11(18)9(15)5-7/h4-6,18H,2-3H2,1H3,(H,16,20)/b10-6-. The summed E-state index contributed by atoms with van der Waals surface area (Å²) in [5.74, 6) is -0.360. The monoisotopic (exact) mass is 330 g/mol. The zero-order valence-electron chi connectivity index (χ0n) is 10.6. The maximum absolute atomic E-state index is 12.1. The van der Waals surface area contributed by atoms with Gasteiger partial charge in [-0.2, -0.15) is 0 Å². The molecule has 0 radical (unpaired) electrons. The number of halogens is 2. The van der Waals surface area contributed by atoms with Gasteiger partial charge in [0.2, 0.25) is 0 Å². The minimum Gasteiger partial charge on any atom is -0.505 e. The lowest BCUT2D eigenvalue weighted by Gasteiger charge is -2.11. The molecule has 2 rings (SSSR count). The Bertz CT molecular complexity index is 593. The lowest BCUT2D eigenvalue weighted by Crippen LogP contribution is -2.31. The van der Waals surface area contributed by atoms with Gasteiger partial charge in [0.1, 0.15) is 5.70 Å². The van der Waals surface area contributed by atoms with Crippen LogP contribution in [0.4, 0.5) is 0 Å². The minimum absolute atomic E-state index is 0.128. The van der Waals surface area contributed by atoms with E-state index >= 15 is 0 Å². The summed E-state index contributed by atoms with van der Waals surface area (Å²) >= 11 is 16.8. The van der Waals surface area contributed by atoms with Crippen LogP contribution in [0.3, 0.4) is 0 Å². The number of phenolic OH excluding ortho intramolecular Hbond substituents is 1. The van der Waals surface area contributed by atoms with E-state index < -0.39 is 0 Å². The first-order valence-corrected chi connectivity index (χ1v) is 7.13. The summed E-state index contributed by atoms with van der Waals surface area (Å²) in [5, 5.41) is 13.0. The van der Waals surface area contributed by atoms with Crippen LogP contribution in [0.1, 0.15) is 18.9 Å². The number of hydrogen-bond donors (Lipinski definition) is 2. The third-order valence-electron chi connectivity index (χ3n) is 2.76. The van der Waals surface area contributed by atoms with Crippen LogP contribution in [0.2, 0.25) is 10.0 Å². The zero-order valence-corrected chi connectivity index (χ0v) is 12.9. The first kappa shape index (κ1) is 15.1. The summed E-state index contributed by atoms with van der Waals surface area (Å²) in [4.78, 5) is 13.6. The van der Waals surface area contributed by atoms with Crippen LogP contribution in [0.15, 0.2) is 17.8 Å². The largest absolute Gasteiger partial charge is 0.505 e. The lowest BCUT2D eigenvalue weighted by molar-refractivity contribution is -0.122. The van der Waals surface area contributed by atoms with Crippen LogP contribution in [0.5, 0.6) is 5.75 Å². The van der Waals surface area contributed by atoms with Crippen LogP contribution in [0.25, 0.3) is 6.08 Å². The van der Waals surface area contributed by atoms with Gasteiger partial charge in [0, 0.05) is 6.54 Å². The Morgan fingerprint density at radius 2 is 2.00 bits per heavy atom. The van der Waals surface area contributed by atoms with E-state index in [1.165, 1.54) is 17.0 Å². The van der Waals surface area contributed by atoms with E-state index in [0.717, 1.165) is 6.42 Å². The highest BCUT2D eigenvalue weighted by Gasteiger charge is 2.29. The molecule has 1 aromatic carbocycles. The number of rotatable bonds is 3. The van der Waals surface area contributed by atoms with Crippen molar-refractivity contribution in [3.63, 3.8) is 0 Å². The molecular weight excluding hydrogens is 319 g/mol. The van der Waals surface area contributed by atoms with Crippen molar-refractivity contribution in [2.45, 2.75) is 13.3 Å². The number of phenols is 1. The van der Waals surface area contributed by atoms with E-state index in [9.17, 15) is 9.90 Å². The number of amides is 1. The summed E-state index contributed by atoms with van der Waals surface area (Å²) in [5.41, 5.74) is 0.969. The summed E-state index contributed by atoms with van der Waals surface area (Å²) < 4.78 is 0. The number of aromatic hydroxyl groups is 1. The molecule has 0 atom stereocenters. The number of thiocarbonyl (C=S) groups is 1. The first-order valence-electron chi connectivity index (χ1n) is 5.96. The highest BCUT2D eigenvalue weighted by Crippen LogP contribution is 2.33. The molecule has 1 heterocycles. The van der Waals surface area contributed by atoms with Crippen LogP contribution in [0, 0.1) is 0 Å². The van der Waals surface area contributed by atoms with Gasteiger partial charge in [-0.3, -0.25) is 9.69 Å². The van der Waals surface area contributed by atoms with Gasteiger partial charge in [-0.1, -0.05) is 30.1 Å². The number of carbonyl (C=O) groups is 1. The maximum Gasteiger partial charge on any atom is 0.276 e. The van der Waals surface area contributed by atoms with E-state index in [2.05, 4.69) is 5.32 Å². The van der Waals surface area contributed by atoms with Crippen LogP contribution in [-0.4, -0.2) is 27.6 Å². The molecule has 1 fully saturated rings. The molecule has 4 nitrogen and oxygen atoms in total. The molecule has 20 heavy (non-hydrogen) atoms. The molecule has 2 N–H and O–H groups in total. The Hall–Kier alpha value is -1.30. The topological polar surface area (TPSA) is 52.6 Å². The molecule has 0 aromatic heterocycles. The van der Waals surface area contributed by atoms with Crippen molar-refractivity contribution in [2.75, 3.05) is 6.54 Å². The Morgan fingerprint density at radius 3 is 2.55 bits per heavy atom. The van der Waals surface area contributed by atoms with Gasteiger partial charge in [-0.05, 0) is 42.4 Å². The second kappa shape index (κ2) is 5.99. The second-order valence-corrected chi connectivity index (χ2v) is 5.48. The Balaban J connectivity index is 2.33. The fourth-order valence-corrected chi connectivity index (χ4v) is 2.62. The van der Waals surface area contributed by atoms with Gasteiger partial charge in [0.15, 0.2) is 10.9 Å². The average Bonchev–Trinajstić information content (AvgIpc) is 2.64. The summed E-state index contributed by atoms with van der Waals surface area (Å²) in [6.07, 6.45) is 2.42. The van der Waals surface area contributed by atoms with E-state index in [-0.39, 0.29) is 21.7 Å². The number of nitrogens with one attached hydrogen (secondary N) is 1. The smallest absolute Gasteiger partial charge is 0.276 e. The molecule has 0 aliphatic carbocycles. The van der Waals surface area contributed by atoms with Crippen molar-refractivity contribution in [1.82, 2.24) is 10.2 Å². The van der Waals surface area contributed by atoms with E-state index in [4.69, 9.17) is 35.4 Å². The van der Waals surface area contributed by atoms with Crippen LogP contribution >= 0.6 is 35.4 Å². The van der Waals surface area contributed by atoms with Crippen molar-refractivity contribution in [3.05, 3.63) is 33.4 Å². The van der Waals surface area contributed by atoms with Crippen molar-refractivity contribution < 1.29 is 9.90 Å². The number of carbonyl (C=O) groups excluding carboxylic acids is 1. The van der Waals surface area contributed by atoms with Gasteiger partial charge < -0.3 is 10.4 Å². The molecule has 0 bridgehead atoms. The quantitative estimate of drug-likeness (QED) is 0.660. The second-order valence-electron chi connectivity index (χ2n) is 4.28. The molecule has 7 heteroatoms. The van der Waals surface area contributed by atoms with Crippen LogP contribution in [-0.2, 0) is 4.79 Å². The number of nitrogens with zero attached hydrogens (tertiary/aromatic N) is 1. The molecule has 1 aliphatic rings. The van der Waals surface area contributed by atoms with Crippen molar-refractivity contribution in [1.29, 1.82) is 0 Å². The highest BCUT2D eigenvalue weighted by molar-refractivity contribution is 7.80. The molecule has 1 aliphatic heterocycles. The lowest BCUT2D eigenvalue weighted by atomic mass is 10.2. The fourth-order valence-electron chi connectivity index (χ4n) is 1.83. The van der Waals surface area contributed by atoms with E-state index in [1.807, 2.05) is 6.92 Å². The average molecular weight is 331 g/mol. The SMILES string of the molecule is CCCN1C(=O)/C(=C/c2cc(Cl)c(O)c(Cl)c2)NC1=S. The van der Waals surface area contributed by atoms with Crippen molar-refractivity contribution in [3.8, 4) is 5.75 Å². The third kappa shape index (κ3) is 2.90. The predicted molar refractivity (Wildman–Crippen MR) is 83.8 cm³/mol. The van der Waals surface area contributed by atoms with Crippen molar-refractivity contribution in [2.24, 2.45) is 0 Å². The minimum atomic E-state index is -0.183. The van der Waals surface area contributed by atoms with E-state index in [1.54, 1.807) is 6.08 Å². The maximum atomic E-state index is 12.1. The Kier molecular flexibility index (Phi) is 4.52. The summed E-state index contributed by atoms with van der Waals surface area (Å²) in [6, 6.07) is 3.05. The van der Waals surface area contributed by atoms with Gasteiger partial charge >= 0.3 is 0 Å². The molecule has 1 aromatic rings. The number of hydrogen-bond acceptors (Lipinski definition) is 3. The summed E-state index contributed by atoms with van der Waals surface area (Å²) in [7, 11) is 0. The third-order valence-corrected chi connectivity index (χ3v) is 3.66. The highest BCUT2D eigenvalue weighted by atomic mass is 35.5. The molecule has 106 valence electrons. The fraction of sp³-hybridized carbons (Fsp3) is 0.231. The first-order chi connectivity index (χ1) is 9.43. The van der Waals surface area contributed by atoms with Gasteiger partial charge in [0.25, 0.3) is 5.91 Å². The zero-order chi connectivity index (χ0) is 14.9. The molecule has 0 spiro atoms. The van der Waals surface area contributed by atoms with Gasteiger partial charge in [-0.15, -0.1) is 0 Å². The molecule has 1 saturated heterocycles. The Labute approximate surface area is 132 Å². The summed E-state index contributed by atoms with van der Waals surface area (Å²) in [6.45, 7) is 2.54. The van der Waals surface area contributed by atoms with Gasteiger partial charge in [0.05, 0.1) is 10.0 Å².